The molecule has 0 aliphatic carbocycles. The van der Waals surface area contributed by atoms with Gasteiger partial charge in [0, 0.05) is 18.4 Å². The van der Waals surface area contributed by atoms with Gasteiger partial charge in [0.1, 0.15) is 0 Å². The van der Waals surface area contributed by atoms with E-state index in [2.05, 4.69) is 5.10 Å². The fraction of sp³-hybridized carbons (Fsp3) is 0.286. The van der Waals surface area contributed by atoms with Crippen LogP contribution in [-0.4, -0.2) is 27.5 Å². The third-order valence-electron chi connectivity index (χ3n) is 3.36. The Labute approximate surface area is 110 Å². The highest BCUT2D eigenvalue weighted by Crippen LogP contribution is 2.34. The molecule has 0 radical (unpaired) electrons. The Morgan fingerprint density at radius 3 is 2.89 bits per heavy atom. The van der Waals surface area contributed by atoms with Gasteiger partial charge in [-0.05, 0) is 18.6 Å². The number of aliphatic carboxylic acids is 1. The quantitative estimate of drug-likeness (QED) is 0.915. The van der Waals surface area contributed by atoms with Crippen molar-refractivity contribution in [2.75, 3.05) is 6.61 Å². The second-order valence-corrected chi connectivity index (χ2v) is 4.58. The summed E-state index contributed by atoms with van der Waals surface area (Å²) in [5.41, 5.74) is 1.76. The van der Waals surface area contributed by atoms with Crippen molar-refractivity contribution < 1.29 is 14.6 Å². The number of ether oxygens (including phenoxy) is 1. The molecule has 1 fully saturated rings. The lowest BCUT2D eigenvalue weighted by Gasteiger charge is -2.12. The first-order chi connectivity index (χ1) is 9.25. The molecular weight excluding hydrogens is 244 g/mol. The number of carboxylic acid groups (broad SMARTS) is 1. The molecule has 5 heteroatoms. The summed E-state index contributed by atoms with van der Waals surface area (Å²) in [6, 6.07) is 9.70. The summed E-state index contributed by atoms with van der Waals surface area (Å²) in [5.74, 6) is -1.29. The van der Waals surface area contributed by atoms with E-state index >= 15 is 0 Å². The molecule has 1 N–H and O–H groups in total. The molecule has 1 aromatic heterocycles. The van der Waals surface area contributed by atoms with Gasteiger partial charge in [-0.1, -0.05) is 18.2 Å². The molecule has 0 bridgehead atoms. The van der Waals surface area contributed by atoms with Crippen LogP contribution in [0.5, 0.6) is 0 Å². The standard InChI is InChI=1S/C14H14N2O3/c17-14(18)12-6-7-19-13(12)10-8-15-16(9-10)11-4-2-1-3-5-11/h1-5,8-9,12-13H,6-7H2,(H,17,18)/t12-,13+/m0/s1. The first-order valence-corrected chi connectivity index (χ1v) is 6.20. The average molecular weight is 258 g/mol. The third-order valence-corrected chi connectivity index (χ3v) is 3.36. The van der Waals surface area contributed by atoms with Gasteiger partial charge >= 0.3 is 5.97 Å². The van der Waals surface area contributed by atoms with Gasteiger partial charge in [-0.2, -0.15) is 5.10 Å². The van der Waals surface area contributed by atoms with Crippen LogP contribution in [0.4, 0.5) is 0 Å². The van der Waals surface area contributed by atoms with E-state index in [4.69, 9.17) is 9.84 Å². The summed E-state index contributed by atoms with van der Waals surface area (Å²) in [6.45, 7) is 0.484. The topological polar surface area (TPSA) is 64.3 Å². The minimum Gasteiger partial charge on any atom is -0.481 e. The second-order valence-electron chi connectivity index (χ2n) is 4.58. The van der Waals surface area contributed by atoms with E-state index in [1.807, 2.05) is 36.5 Å². The molecule has 2 heterocycles. The number of aromatic nitrogens is 2. The molecule has 0 saturated carbocycles. The summed E-state index contributed by atoms with van der Waals surface area (Å²) in [4.78, 5) is 11.2. The number of nitrogens with zero attached hydrogens (tertiary/aromatic N) is 2. The van der Waals surface area contributed by atoms with Crippen molar-refractivity contribution in [1.82, 2.24) is 9.78 Å². The zero-order valence-corrected chi connectivity index (χ0v) is 10.3. The Balaban J connectivity index is 1.87. The van der Waals surface area contributed by atoms with Crippen molar-refractivity contribution in [2.45, 2.75) is 12.5 Å². The molecule has 3 rings (SSSR count). The van der Waals surface area contributed by atoms with Crippen LogP contribution in [0.2, 0.25) is 0 Å². The fourth-order valence-corrected chi connectivity index (χ4v) is 2.38. The van der Waals surface area contributed by atoms with Crippen LogP contribution in [0, 0.1) is 5.92 Å². The van der Waals surface area contributed by atoms with Crippen molar-refractivity contribution >= 4 is 5.97 Å². The highest BCUT2D eigenvalue weighted by molar-refractivity contribution is 5.71. The predicted octanol–water partition coefficient (Wildman–Crippen LogP) is 2.03. The van der Waals surface area contributed by atoms with E-state index in [9.17, 15) is 4.79 Å². The van der Waals surface area contributed by atoms with E-state index in [1.165, 1.54) is 0 Å². The number of para-hydroxylation sites is 1. The minimum absolute atomic E-state index is 0.394. The van der Waals surface area contributed by atoms with Gasteiger partial charge < -0.3 is 9.84 Å². The van der Waals surface area contributed by atoms with Gasteiger partial charge in [0.15, 0.2) is 0 Å². The molecular formula is C14H14N2O3. The first-order valence-electron chi connectivity index (χ1n) is 6.20. The molecule has 19 heavy (non-hydrogen) atoms. The molecule has 1 aliphatic rings. The molecule has 1 aromatic carbocycles. The monoisotopic (exact) mass is 258 g/mol. The number of hydrogen-bond acceptors (Lipinski definition) is 3. The largest absolute Gasteiger partial charge is 0.481 e. The van der Waals surface area contributed by atoms with Gasteiger partial charge in [0.2, 0.25) is 0 Å². The molecule has 5 nitrogen and oxygen atoms in total. The molecule has 1 saturated heterocycles. The van der Waals surface area contributed by atoms with Crippen LogP contribution in [0.3, 0.4) is 0 Å². The lowest BCUT2D eigenvalue weighted by molar-refractivity contribution is -0.143. The molecule has 0 unspecified atom stereocenters. The maximum Gasteiger partial charge on any atom is 0.309 e. The van der Waals surface area contributed by atoms with Crippen molar-refractivity contribution in [3.8, 4) is 5.69 Å². The van der Waals surface area contributed by atoms with Crippen molar-refractivity contribution in [1.29, 1.82) is 0 Å². The summed E-state index contributed by atoms with van der Waals surface area (Å²) in [6.07, 6.45) is 3.67. The molecule has 2 aromatic rings. The molecule has 0 amide bonds. The van der Waals surface area contributed by atoms with E-state index in [1.54, 1.807) is 10.9 Å². The van der Waals surface area contributed by atoms with E-state index in [0.717, 1.165) is 11.3 Å². The fourth-order valence-electron chi connectivity index (χ4n) is 2.38. The number of carboxylic acids is 1. The maximum atomic E-state index is 11.2. The zero-order chi connectivity index (χ0) is 13.2. The van der Waals surface area contributed by atoms with Crippen LogP contribution >= 0.6 is 0 Å². The Morgan fingerprint density at radius 2 is 2.16 bits per heavy atom. The van der Waals surface area contributed by atoms with Crippen molar-refractivity contribution in [3.05, 3.63) is 48.3 Å². The van der Waals surface area contributed by atoms with Gasteiger partial charge in [-0.3, -0.25) is 4.79 Å². The van der Waals surface area contributed by atoms with Crippen molar-refractivity contribution in [3.63, 3.8) is 0 Å². The summed E-state index contributed by atoms with van der Waals surface area (Å²) in [7, 11) is 0. The number of hydrogen-bond donors (Lipinski definition) is 1. The Hall–Kier alpha value is -2.14. The number of rotatable bonds is 3. The van der Waals surface area contributed by atoms with Gasteiger partial charge in [0.25, 0.3) is 0 Å². The smallest absolute Gasteiger partial charge is 0.309 e. The van der Waals surface area contributed by atoms with Crippen LogP contribution < -0.4 is 0 Å². The molecule has 1 aliphatic heterocycles. The molecule has 98 valence electrons. The van der Waals surface area contributed by atoms with Crippen LogP contribution in [0.1, 0.15) is 18.1 Å². The lowest BCUT2D eigenvalue weighted by Crippen LogP contribution is -2.17. The Kier molecular flexibility index (Phi) is 3.05. The number of carbonyl (C=O) groups is 1. The molecule has 2 atom stereocenters. The first kappa shape index (κ1) is 11.9. The highest BCUT2D eigenvalue weighted by atomic mass is 16.5. The van der Waals surface area contributed by atoms with Gasteiger partial charge in [-0.25, -0.2) is 4.68 Å². The Bertz CT molecular complexity index is 579. The van der Waals surface area contributed by atoms with Crippen LogP contribution in [0.15, 0.2) is 42.7 Å². The molecule has 0 spiro atoms. The van der Waals surface area contributed by atoms with Crippen molar-refractivity contribution in [2.24, 2.45) is 5.92 Å². The van der Waals surface area contributed by atoms with Gasteiger partial charge in [-0.15, -0.1) is 0 Å². The maximum absolute atomic E-state index is 11.2. The summed E-state index contributed by atoms with van der Waals surface area (Å²) in [5, 5.41) is 13.4. The zero-order valence-electron chi connectivity index (χ0n) is 10.3. The SMILES string of the molecule is O=C(O)[C@H]1CCO[C@@H]1c1cnn(-c2ccccc2)c1. The summed E-state index contributed by atoms with van der Waals surface area (Å²) >= 11 is 0. The lowest BCUT2D eigenvalue weighted by atomic mass is 9.98. The highest BCUT2D eigenvalue weighted by Gasteiger charge is 2.35. The normalized spacial score (nSPS) is 22.5. The minimum atomic E-state index is -0.810. The number of benzene rings is 1. The van der Waals surface area contributed by atoms with Crippen LogP contribution in [0.25, 0.3) is 5.69 Å². The van der Waals surface area contributed by atoms with Gasteiger partial charge in [0.05, 0.1) is 23.9 Å². The van der Waals surface area contributed by atoms with E-state index in [0.29, 0.717) is 13.0 Å². The second kappa shape index (κ2) is 4.85. The third kappa shape index (κ3) is 2.24. The average Bonchev–Trinajstić information content (AvgIpc) is 3.08. The Morgan fingerprint density at radius 1 is 1.37 bits per heavy atom. The van der Waals surface area contributed by atoms with E-state index < -0.39 is 18.0 Å². The summed E-state index contributed by atoms with van der Waals surface area (Å²) < 4.78 is 7.26. The predicted molar refractivity (Wildman–Crippen MR) is 68.0 cm³/mol. The van der Waals surface area contributed by atoms with Crippen LogP contribution in [-0.2, 0) is 9.53 Å². The van der Waals surface area contributed by atoms with E-state index in [-0.39, 0.29) is 0 Å².